The van der Waals surface area contributed by atoms with E-state index in [0.29, 0.717) is 60.4 Å². The van der Waals surface area contributed by atoms with Crippen molar-refractivity contribution in [2.75, 3.05) is 36.5 Å². The van der Waals surface area contributed by atoms with Crippen LogP contribution in [0.1, 0.15) is 47.6 Å². The van der Waals surface area contributed by atoms with Crippen LogP contribution in [-0.2, 0) is 4.74 Å². The number of rotatable bonds is 5. The highest BCUT2D eigenvalue weighted by Crippen LogP contribution is 2.46. The standard InChI is InChI=1S/C26H27FN6O3/c1-16-3-4-17(23-30-25(36-31-23)18-12-26(2,27)13-18)11-20(16)29-24(34)21-14-28-22-6-5-19(15-33(21)22)32-7-9-35-10-8-32/h3-6,11,14-15,18H,7-10,12-13H2,1-2H3,(H,29,34). The molecule has 1 amide bonds. The van der Waals surface area contributed by atoms with Crippen molar-refractivity contribution in [1.29, 1.82) is 0 Å². The first-order valence-corrected chi connectivity index (χ1v) is 12.1. The van der Waals surface area contributed by atoms with E-state index < -0.39 is 5.67 Å². The van der Waals surface area contributed by atoms with Crippen LogP contribution in [0, 0.1) is 6.92 Å². The Balaban J connectivity index is 1.23. The zero-order chi connectivity index (χ0) is 24.9. The van der Waals surface area contributed by atoms with E-state index in [1.54, 1.807) is 13.1 Å². The van der Waals surface area contributed by atoms with Gasteiger partial charge in [0.25, 0.3) is 5.91 Å². The molecule has 4 aromatic rings. The lowest BCUT2D eigenvalue weighted by atomic mass is 9.73. The summed E-state index contributed by atoms with van der Waals surface area (Å²) < 4.78 is 26.5. The van der Waals surface area contributed by atoms with Gasteiger partial charge in [-0.2, -0.15) is 4.98 Å². The number of fused-ring (bicyclic) bond motifs is 1. The summed E-state index contributed by atoms with van der Waals surface area (Å²) in [5.74, 6) is 0.543. The number of amides is 1. The van der Waals surface area contributed by atoms with Gasteiger partial charge in [0.05, 0.1) is 25.1 Å². The number of anilines is 2. The van der Waals surface area contributed by atoms with Gasteiger partial charge in [-0.05, 0) is 50.5 Å². The molecule has 0 unspecified atom stereocenters. The van der Waals surface area contributed by atoms with Crippen molar-refractivity contribution in [3.63, 3.8) is 0 Å². The van der Waals surface area contributed by atoms with Crippen molar-refractivity contribution in [3.8, 4) is 11.4 Å². The molecule has 186 valence electrons. The molecule has 1 aliphatic carbocycles. The SMILES string of the molecule is Cc1ccc(-c2noc(C3CC(C)(F)C3)n2)cc1NC(=O)c1cnc2ccc(N3CCOCC3)cn12. The molecule has 0 radical (unpaired) electrons. The number of nitrogens with one attached hydrogen (secondary N) is 1. The van der Waals surface area contributed by atoms with Crippen molar-refractivity contribution < 1.29 is 18.4 Å². The number of hydrogen-bond donors (Lipinski definition) is 1. The third kappa shape index (κ3) is 4.21. The number of aromatic nitrogens is 4. The highest BCUT2D eigenvalue weighted by molar-refractivity contribution is 6.04. The maximum absolute atomic E-state index is 13.9. The second-order valence-corrected chi connectivity index (χ2v) is 9.82. The second kappa shape index (κ2) is 8.70. The number of carbonyl (C=O) groups excluding carboxylic acids is 1. The van der Waals surface area contributed by atoms with Gasteiger partial charge in [0.15, 0.2) is 0 Å². The van der Waals surface area contributed by atoms with Crippen molar-refractivity contribution in [2.24, 2.45) is 0 Å². The highest BCUT2D eigenvalue weighted by atomic mass is 19.1. The number of nitrogens with zero attached hydrogens (tertiary/aromatic N) is 5. The number of aryl methyl sites for hydroxylation is 1. The van der Waals surface area contributed by atoms with E-state index in [9.17, 15) is 9.18 Å². The molecule has 0 atom stereocenters. The van der Waals surface area contributed by atoms with Gasteiger partial charge in [-0.25, -0.2) is 9.37 Å². The fraction of sp³-hybridized carbons (Fsp3) is 0.385. The van der Waals surface area contributed by atoms with Crippen LogP contribution in [0.2, 0.25) is 0 Å². The lowest BCUT2D eigenvalue weighted by molar-refractivity contribution is 0.0481. The average Bonchev–Trinajstić information content (AvgIpc) is 3.51. The first-order valence-electron chi connectivity index (χ1n) is 12.1. The molecule has 0 spiro atoms. The van der Waals surface area contributed by atoms with Crippen molar-refractivity contribution in [1.82, 2.24) is 19.5 Å². The lowest BCUT2D eigenvalue weighted by Gasteiger charge is -2.36. The van der Waals surface area contributed by atoms with E-state index in [1.807, 2.05) is 47.9 Å². The summed E-state index contributed by atoms with van der Waals surface area (Å²) in [5.41, 5.74) is 3.23. The Hall–Kier alpha value is -3.79. The Labute approximate surface area is 207 Å². The molecule has 4 heterocycles. The number of carbonyl (C=O) groups is 1. The molecule has 0 bridgehead atoms. The molecule has 1 N–H and O–H groups in total. The van der Waals surface area contributed by atoms with Crippen molar-refractivity contribution in [3.05, 3.63) is 59.9 Å². The zero-order valence-electron chi connectivity index (χ0n) is 20.2. The summed E-state index contributed by atoms with van der Waals surface area (Å²) in [5, 5.41) is 7.09. The van der Waals surface area contributed by atoms with Gasteiger partial charge in [-0.15, -0.1) is 0 Å². The van der Waals surface area contributed by atoms with Crippen LogP contribution in [0.25, 0.3) is 17.0 Å². The minimum absolute atomic E-state index is 0.0524. The van der Waals surface area contributed by atoms with Crippen LogP contribution in [-0.4, -0.2) is 57.4 Å². The van der Waals surface area contributed by atoms with Crippen LogP contribution >= 0.6 is 0 Å². The largest absolute Gasteiger partial charge is 0.378 e. The number of pyridine rings is 1. The molecule has 9 nitrogen and oxygen atoms in total. The van der Waals surface area contributed by atoms with Crippen molar-refractivity contribution in [2.45, 2.75) is 38.3 Å². The number of morpholine rings is 1. The number of imidazole rings is 1. The van der Waals surface area contributed by atoms with Crippen LogP contribution in [0.3, 0.4) is 0 Å². The van der Waals surface area contributed by atoms with Crippen LogP contribution in [0.4, 0.5) is 15.8 Å². The minimum Gasteiger partial charge on any atom is -0.378 e. The third-order valence-electron chi connectivity index (χ3n) is 6.98. The van der Waals surface area contributed by atoms with Gasteiger partial charge < -0.3 is 19.5 Å². The number of halogens is 1. The van der Waals surface area contributed by atoms with Crippen LogP contribution in [0.5, 0.6) is 0 Å². The molecule has 10 heteroatoms. The van der Waals surface area contributed by atoms with Crippen LogP contribution < -0.4 is 10.2 Å². The fourth-order valence-corrected chi connectivity index (χ4v) is 4.89. The topological polar surface area (TPSA) is 97.8 Å². The summed E-state index contributed by atoms with van der Waals surface area (Å²) in [7, 11) is 0. The second-order valence-electron chi connectivity index (χ2n) is 9.82. The molecule has 6 rings (SSSR count). The summed E-state index contributed by atoms with van der Waals surface area (Å²) in [6.07, 6.45) is 4.29. The molecule has 1 saturated carbocycles. The number of benzene rings is 1. The molecular formula is C26H27FN6O3. The summed E-state index contributed by atoms with van der Waals surface area (Å²) >= 11 is 0. The fourth-order valence-electron chi connectivity index (χ4n) is 4.89. The van der Waals surface area contributed by atoms with Gasteiger partial charge in [0.2, 0.25) is 11.7 Å². The Bertz CT molecular complexity index is 1430. The molecule has 36 heavy (non-hydrogen) atoms. The predicted molar refractivity (Wildman–Crippen MR) is 132 cm³/mol. The minimum atomic E-state index is -1.17. The average molecular weight is 491 g/mol. The van der Waals surface area contributed by atoms with Crippen LogP contribution in [0.15, 0.2) is 47.2 Å². The maximum Gasteiger partial charge on any atom is 0.274 e. The monoisotopic (exact) mass is 490 g/mol. The summed E-state index contributed by atoms with van der Waals surface area (Å²) in [6, 6.07) is 9.52. The molecular weight excluding hydrogens is 463 g/mol. The summed E-state index contributed by atoms with van der Waals surface area (Å²) in [6.45, 7) is 6.48. The first-order chi connectivity index (χ1) is 17.4. The van der Waals surface area contributed by atoms with Gasteiger partial charge in [0, 0.05) is 36.5 Å². The molecule has 2 aliphatic rings. The smallest absolute Gasteiger partial charge is 0.274 e. The van der Waals surface area contributed by atoms with Gasteiger partial charge in [-0.3, -0.25) is 9.20 Å². The number of hydrogen-bond acceptors (Lipinski definition) is 7. The van der Waals surface area contributed by atoms with E-state index in [-0.39, 0.29) is 11.8 Å². The number of alkyl halides is 1. The highest BCUT2D eigenvalue weighted by Gasteiger charge is 2.44. The number of ether oxygens (including phenoxy) is 1. The molecule has 1 aromatic carbocycles. The normalized spacial score (nSPS) is 22.0. The Morgan fingerprint density at radius 2 is 2.00 bits per heavy atom. The van der Waals surface area contributed by atoms with E-state index in [4.69, 9.17) is 9.26 Å². The van der Waals surface area contributed by atoms with E-state index >= 15 is 0 Å². The maximum atomic E-state index is 13.9. The molecule has 2 fully saturated rings. The third-order valence-corrected chi connectivity index (χ3v) is 6.98. The quantitative estimate of drug-likeness (QED) is 0.443. The first kappa shape index (κ1) is 22.7. The Kier molecular flexibility index (Phi) is 5.48. The molecule has 3 aromatic heterocycles. The molecule has 1 aliphatic heterocycles. The van der Waals surface area contributed by atoms with E-state index in [0.717, 1.165) is 24.3 Å². The Morgan fingerprint density at radius 3 is 2.78 bits per heavy atom. The van der Waals surface area contributed by atoms with Gasteiger partial charge in [-0.1, -0.05) is 17.3 Å². The Morgan fingerprint density at radius 1 is 1.19 bits per heavy atom. The summed E-state index contributed by atoms with van der Waals surface area (Å²) in [4.78, 5) is 24.4. The molecule has 1 saturated heterocycles. The zero-order valence-corrected chi connectivity index (χ0v) is 20.2. The predicted octanol–water partition coefficient (Wildman–Crippen LogP) is 4.39. The lowest BCUT2D eigenvalue weighted by Crippen LogP contribution is -2.36. The van der Waals surface area contributed by atoms with Gasteiger partial charge >= 0.3 is 0 Å². The van der Waals surface area contributed by atoms with E-state index in [1.165, 1.54) is 0 Å². The van der Waals surface area contributed by atoms with Gasteiger partial charge in [0.1, 0.15) is 17.0 Å². The van der Waals surface area contributed by atoms with Crippen molar-refractivity contribution >= 4 is 22.9 Å². The van der Waals surface area contributed by atoms with E-state index in [2.05, 4.69) is 25.3 Å².